The SMILES string of the molecule is NS(=O)(=O)c1cccc2c1C(=O)CC(=Nc1cncc(C3CCSCC3)c1)C2=O. The number of hydrogen-bond acceptors (Lipinski definition) is 7. The fourth-order valence-electron chi connectivity index (χ4n) is 3.73. The molecule has 0 saturated carbocycles. The number of carbonyl (C=O) groups is 2. The van der Waals surface area contributed by atoms with E-state index in [9.17, 15) is 18.0 Å². The topological polar surface area (TPSA) is 120 Å². The molecule has 2 heterocycles. The first-order valence-corrected chi connectivity index (χ1v) is 11.9. The minimum absolute atomic E-state index is 0.0138. The second-order valence-electron chi connectivity index (χ2n) is 7.07. The monoisotopic (exact) mass is 429 g/mol. The van der Waals surface area contributed by atoms with E-state index in [-0.39, 0.29) is 28.2 Å². The van der Waals surface area contributed by atoms with Crippen LogP contribution >= 0.6 is 11.8 Å². The number of thioether (sulfide) groups is 1. The molecule has 1 aliphatic carbocycles. The summed E-state index contributed by atoms with van der Waals surface area (Å²) in [6, 6.07) is 5.97. The predicted molar refractivity (Wildman–Crippen MR) is 112 cm³/mol. The first-order valence-electron chi connectivity index (χ1n) is 9.18. The van der Waals surface area contributed by atoms with Crippen LogP contribution in [0.15, 0.2) is 46.5 Å². The van der Waals surface area contributed by atoms with E-state index in [2.05, 4.69) is 9.98 Å². The Bertz CT molecular complexity index is 1140. The van der Waals surface area contributed by atoms with Gasteiger partial charge in [-0.1, -0.05) is 12.1 Å². The van der Waals surface area contributed by atoms with E-state index in [1.165, 1.54) is 18.2 Å². The number of ketones is 2. The van der Waals surface area contributed by atoms with E-state index in [0.717, 1.165) is 29.9 Å². The van der Waals surface area contributed by atoms with E-state index in [0.29, 0.717) is 11.6 Å². The lowest BCUT2D eigenvalue weighted by Crippen LogP contribution is -2.30. The van der Waals surface area contributed by atoms with Crippen LogP contribution in [0.5, 0.6) is 0 Å². The average Bonchev–Trinajstić information content (AvgIpc) is 2.71. The van der Waals surface area contributed by atoms with Crippen LogP contribution in [0.4, 0.5) is 5.69 Å². The molecule has 0 atom stereocenters. The summed E-state index contributed by atoms with van der Waals surface area (Å²) in [5.74, 6) is 1.69. The molecule has 29 heavy (non-hydrogen) atoms. The summed E-state index contributed by atoms with van der Waals surface area (Å²) in [6.07, 6.45) is 5.26. The van der Waals surface area contributed by atoms with Gasteiger partial charge in [-0.05, 0) is 48.0 Å². The van der Waals surface area contributed by atoms with Crippen molar-refractivity contribution in [1.82, 2.24) is 4.98 Å². The zero-order valence-corrected chi connectivity index (χ0v) is 17.1. The van der Waals surface area contributed by atoms with Crippen LogP contribution in [-0.2, 0) is 10.0 Å². The number of carbonyl (C=O) groups excluding carboxylic acids is 2. The second-order valence-corrected chi connectivity index (χ2v) is 9.83. The summed E-state index contributed by atoms with van der Waals surface area (Å²) in [6.45, 7) is 0. The molecule has 1 aromatic carbocycles. The number of primary sulfonamides is 1. The Morgan fingerprint density at radius 1 is 1.14 bits per heavy atom. The lowest BCUT2D eigenvalue weighted by molar-refractivity contribution is 0.0962. The van der Waals surface area contributed by atoms with E-state index in [4.69, 9.17) is 5.14 Å². The van der Waals surface area contributed by atoms with Crippen molar-refractivity contribution in [2.24, 2.45) is 10.1 Å². The Morgan fingerprint density at radius 3 is 2.62 bits per heavy atom. The van der Waals surface area contributed by atoms with E-state index in [1.54, 1.807) is 6.20 Å². The molecule has 2 aromatic rings. The third kappa shape index (κ3) is 4.03. The van der Waals surface area contributed by atoms with Crippen molar-refractivity contribution < 1.29 is 18.0 Å². The maximum absolute atomic E-state index is 12.9. The van der Waals surface area contributed by atoms with Gasteiger partial charge in [0.1, 0.15) is 0 Å². The zero-order valence-electron chi connectivity index (χ0n) is 15.5. The van der Waals surface area contributed by atoms with Crippen molar-refractivity contribution in [1.29, 1.82) is 0 Å². The minimum Gasteiger partial charge on any atom is -0.294 e. The number of aliphatic imine (C=N–C) groups is 1. The number of pyridine rings is 1. The highest BCUT2D eigenvalue weighted by atomic mass is 32.2. The van der Waals surface area contributed by atoms with Crippen LogP contribution in [0.3, 0.4) is 0 Å². The largest absolute Gasteiger partial charge is 0.294 e. The number of rotatable bonds is 3. The van der Waals surface area contributed by atoms with Gasteiger partial charge >= 0.3 is 0 Å². The molecular formula is C20H19N3O4S2. The summed E-state index contributed by atoms with van der Waals surface area (Å²) < 4.78 is 23.6. The molecule has 0 amide bonds. The van der Waals surface area contributed by atoms with Crippen molar-refractivity contribution >= 4 is 44.8 Å². The number of aromatic nitrogens is 1. The number of benzene rings is 1. The molecule has 1 aliphatic heterocycles. The molecule has 0 radical (unpaired) electrons. The third-order valence-electron chi connectivity index (χ3n) is 5.15. The molecule has 0 bridgehead atoms. The second kappa shape index (κ2) is 7.81. The minimum atomic E-state index is -4.12. The highest BCUT2D eigenvalue weighted by molar-refractivity contribution is 7.99. The van der Waals surface area contributed by atoms with Crippen LogP contribution in [0, 0.1) is 0 Å². The number of sulfonamides is 1. The maximum Gasteiger partial charge on any atom is 0.238 e. The van der Waals surface area contributed by atoms with E-state index in [1.807, 2.05) is 24.0 Å². The number of fused-ring (bicyclic) bond motifs is 1. The molecule has 0 unspecified atom stereocenters. The highest BCUT2D eigenvalue weighted by Gasteiger charge is 2.33. The number of Topliss-reactive ketones (excluding diaryl/α,β-unsaturated/α-hetero) is 2. The van der Waals surface area contributed by atoms with Gasteiger partial charge in [-0.15, -0.1) is 0 Å². The molecular weight excluding hydrogens is 410 g/mol. The third-order valence-corrected chi connectivity index (χ3v) is 7.15. The summed E-state index contributed by atoms with van der Waals surface area (Å²) in [7, 11) is -4.12. The Balaban J connectivity index is 1.71. The molecule has 9 heteroatoms. The molecule has 7 nitrogen and oxygen atoms in total. The highest BCUT2D eigenvalue weighted by Crippen LogP contribution is 2.33. The van der Waals surface area contributed by atoms with Gasteiger partial charge in [0.2, 0.25) is 15.8 Å². The van der Waals surface area contributed by atoms with Crippen LogP contribution < -0.4 is 5.14 Å². The van der Waals surface area contributed by atoms with Gasteiger partial charge < -0.3 is 0 Å². The summed E-state index contributed by atoms with van der Waals surface area (Å²) >= 11 is 1.94. The van der Waals surface area contributed by atoms with Gasteiger partial charge in [0.15, 0.2) is 5.78 Å². The fourth-order valence-corrected chi connectivity index (χ4v) is 5.61. The average molecular weight is 430 g/mol. The zero-order chi connectivity index (χ0) is 20.6. The maximum atomic E-state index is 12.9. The molecule has 4 rings (SSSR count). The van der Waals surface area contributed by atoms with Crippen LogP contribution in [0.25, 0.3) is 0 Å². The van der Waals surface area contributed by atoms with Gasteiger partial charge in [0, 0.05) is 17.3 Å². The molecule has 2 aliphatic rings. The number of hydrogen-bond donors (Lipinski definition) is 1. The van der Waals surface area contributed by atoms with Crippen LogP contribution in [-0.4, -0.2) is 42.2 Å². The van der Waals surface area contributed by atoms with Crippen molar-refractivity contribution in [3.8, 4) is 0 Å². The molecule has 1 aromatic heterocycles. The molecule has 150 valence electrons. The lowest BCUT2D eigenvalue weighted by atomic mass is 9.88. The first kappa shape index (κ1) is 19.9. The smallest absolute Gasteiger partial charge is 0.238 e. The van der Waals surface area contributed by atoms with E-state index >= 15 is 0 Å². The fraction of sp³-hybridized carbons (Fsp3) is 0.300. The van der Waals surface area contributed by atoms with Crippen molar-refractivity contribution in [2.75, 3.05) is 11.5 Å². The Labute approximate surface area is 172 Å². The normalized spacial score (nSPS) is 19.4. The number of nitrogens with two attached hydrogens (primary N) is 1. The van der Waals surface area contributed by atoms with Gasteiger partial charge in [-0.25, -0.2) is 18.5 Å². The van der Waals surface area contributed by atoms with Crippen molar-refractivity contribution in [3.63, 3.8) is 0 Å². The summed E-state index contributed by atoms with van der Waals surface area (Å²) in [5.41, 5.74) is 1.54. The first-order chi connectivity index (χ1) is 13.8. The lowest BCUT2D eigenvalue weighted by Gasteiger charge is -2.21. The molecule has 1 fully saturated rings. The van der Waals surface area contributed by atoms with Gasteiger partial charge in [0.05, 0.1) is 28.9 Å². The van der Waals surface area contributed by atoms with E-state index < -0.39 is 21.6 Å². The number of nitrogens with zero attached hydrogens (tertiary/aromatic N) is 2. The van der Waals surface area contributed by atoms with Gasteiger partial charge in [-0.3, -0.25) is 14.6 Å². The molecule has 0 spiro atoms. The van der Waals surface area contributed by atoms with Crippen molar-refractivity contribution in [2.45, 2.75) is 30.1 Å². The van der Waals surface area contributed by atoms with Crippen molar-refractivity contribution in [3.05, 3.63) is 53.3 Å². The quantitative estimate of drug-likeness (QED) is 0.801. The van der Waals surface area contributed by atoms with Gasteiger partial charge in [0.25, 0.3) is 0 Å². The predicted octanol–water partition coefficient (Wildman–Crippen LogP) is 2.88. The van der Waals surface area contributed by atoms with Crippen LogP contribution in [0.2, 0.25) is 0 Å². The Hall–Kier alpha value is -2.36. The summed E-state index contributed by atoms with van der Waals surface area (Å²) in [4.78, 5) is 33.9. The Kier molecular flexibility index (Phi) is 5.37. The summed E-state index contributed by atoms with van der Waals surface area (Å²) in [5, 5.41) is 5.20. The molecule has 2 N–H and O–H groups in total. The Morgan fingerprint density at radius 2 is 1.90 bits per heavy atom. The molecule has 1 saturated heterocycles. The van der Waals surface area contributed by atoms with Gasteiger partial charge in [-0.2, -0.15) is 11.8 Å². The van der Waals surface area contributed by atoms with Crippen LogP contribution in [0.1, 0.15) is 51.5 Å². The standard InChI is InChI=1S/C20H19N3O4S2/c21-29(26,27)18-3-1-2-15-19(18)17(24)9-16(20(15)25)23-14-8-13(10-22-11-14)12-4-6-28-7-5-12/h1-3,8,10-12H,4-7,9H2,(H2,21,26,27).